The van der Waals surface area contributed by atoms with E-state index in [9.17, 15) is 4.79 Å². The molecule has 1 aromatic rings. The molecule has 1 fully saturated rings. The Bertz CT molecular complexity index is 375. The first-order valence-electron chi connectivity index (χ1n) is 6.76. The van der Waals surface area contributed by atoms with Crippen molar-refractivity contribution < 1.29 is 9.21 Å². The molecule has 1 heterocycles. The van der Waals surface area contributed by atoms with Crippen LogP contribution in [-0.4, -0.2) is 12.5 Å². The fourth-order valence-electron chi connectivity index (χ4n) is 2.76. The van der Waals surface area contributed by atoms with Crippen LogP contribution < -0.4 is 11.1 Å². The van der Waals surface area contributed by atoms with Gasteiger partial charge >= 0.3 is 0 Å². The molecule has 18 heavy (non-hydrogen) atoms. The lowest BCUT2D eigenvalue weighted by Crippen LogP contribution is -2.40. The standard InChI is InChI=1S/C14H22N2O2/c1-10(13-7-4-8-18-13)16-14(17)12-6-3-2-5-11(12)9-15/h4,7-8,10-12H,2-3,5-6,9,15H2,1H3,(H,16,17). The molecule has 0 aromatic carbocycles. The Morgan fingerprint density at radius 3 is 3.00 bits per heavy atom. The van der Waals surface area contributed by atoms with E-state index < -0.39 is 0 Å². The second-order valence-electron chi connectivity index (χ2n) is 5.13. The summed E-state index contributed by atoms with van der Waals surface area (Å²) >= 11 is 0. The lowest BCUT2D eigenvalue weighted by atomic mass is 9.78. The lowest BCUT2D eigenvalue weighted by molar-refractivity contribution is -0.128. The number of furan rings is 1. The predicted molar refractivity (Wildman–Crippen MR) is 69.8 cm³/mol. The summed E-state index contributed by atoms with van der Waals surface area (Å²) in [5.41, 5.74) is 5.76. The Hall–Kier alpha value is -1.29. The van der Waals surface area contributed by atoms with Gasteiger partial charge < -0.3 is 15.5 Å². The molecule has 4 nitrogen and oxygen atoms in total. The van der Waals surface area contributed by atoms with Crippen LogP contribution in [0.15, 0.2) is 22.8 Å². The van der Waals surface area contributed by atoms with E-state index in [4.69, 9.17) is 10.2 Å². The molecule has 0 saturated heterocycles. The van der Waals surface area contributed by atoms with Gasteiger partial charge in [0.1, 0.15) is 5.76 Å². The quantitative estimate of drug-likeness (QED) is 0.861. The second kappa shape index (κ2) is 6.05. The zero-order valence-corrected chi connectivity index (χ0v) is 10.9. The Morgan fingerprint density at radius 1 is 1.56 bits per heavy atom. The van der Waals surface area contributed by atoms with Crippen molar-refractivity contribution in [3.8, 4) is 0 Å². The minimum absolute atomic E-state index is 0.0705. The van der Waals surface area contributed by atoms with Crippen molar-refractivity contribution in [1.29, 1.82) is 0 Å². The Balaban J connectivity index is 1.94. The van der Waals surface area contributed by atoms with Gasteiger partial charge in [0.15, 0.2) is 0 Å². The molecule has 0 aliphatic heterocycles. The molecule has 0 spiro atoms. The Labute approximate surface area is 108 Å². The van der Waals surface area contributed by atoms with Crippen molar-refractivity contribution in [1.82, 2.24) is 5.32 Å². The van der Waals surface area contributed by atoms with Crippen LogP contribution in [-0.2, 0) is 4.79 Å². The van der Waals surface area contributed by atoms with Gasteiger partial charge in [-0.05, 0) is 44.4 Å². The third-order valence-corrected chi connectivity index (χ3v) is 3.88. The van der Waals surface area contributed by atoms with E-state index in [0.29, 0.717) is 12.5 Å². The molecule has 100 valence electrons. The Morgan fingerprint density at radius 2 is 2.33 bits per heavy atom. The van der Waals surface area contributed by atoms with Crippen LogP contribution in [0, 0.1) is 11.8 Å². The summed E-state index contributed by atoms with van der Waals surface area (Å²) < 4.78 is 5.30. The zero-order valence-electron chi connectivity index (χ0n) is 10.9. The van der Waals surface area contributed by atoms with Gasteiger partial charge in [-0.2, -0.15) is 0 Å². The average molecular weight is 250 g/mol. The number of hydrogen-bond acceptors (Lipinski definition) is 3. The fourth-order valence-corrected chi connectivity index (χ4v) is 2.76. The number of rotatable bonds is 4. The summed E-state index contributed by atoms with van der Waals surface area (Å²) in [5, 5.41) is 3.03. The van der Waals surface area contributed by atoms with Crippen molar-refractivity contribution >= 4 is 5.91 Å². The maximum absolute atomic E-state index is 12.3. The molecular formula is C14H22N2O2. The van der Waals surface area contributed by atoms with Gasteiger partial charge in [0.25, 0.3) is 0 Å². The van der Waals surface area contributed by atoms with Crippen LogP contribution in [0.4, 0.5) is 0 Å². The van der Waals surface area contributed by atoms with Crippen LogP contribution in [0.25, 0.3) is 0 Å². The van der Waals surface area contributed by atoms with Crippen LogP contribution >= 0.6 is 0 Å². The summed E-state index contributed by atoms with van der Waals surface area (Å²) in [5.74, 6) is 1.32. The first-order valence-corrected chi connectivity index (χ1v) is 6.76. The van der Waals surface area contributed by atoms with E-state index in [2.05, 4.69) is 5.32 Å². The number of carbonyl (C=O) groups excluding carboxylic acids is 1. The summed E-state index contributed by atoms with van der Waals surface area (Å²) in [7, 11) is 0. The van der Waals surface area contributed by atoms with Crippen LogP contribution in [0.2, 0.25) is 0 Å². The smallest absolute Gasteiger partial charge is 0.224 e. The van der Waals surface area contributed by atoms with Crippen molar-refractivity contribution in [2.45, 2.75) is 38.6 Å². The van der Waals surface area contributed by atoms with Crippen LogP contribution in [0.3, 0.4) is 0 Å². The highest BCUT2D eigenvalue weighted by atomic mass is 16.3. The van der Waals surface area contributed by atoms with Crippen molar-refractivity contribution in [3.05, 3.63) is 24.2 Å². The molecule has 4 heteroatoms. The minimum atomic E-state index is -0.0761. The number of nitrogens with two attached hydrogens (primary N) is 1. The molecule has 3 unspecified atom stereocenters. The van der Waals surface area contributed by atoms with E-state index in [0.717, 1.165) is 25.0 Å². The first kappa shape index (κ1) is 13.1. The summed E-state index contributed by atoms with van der Waals surface area (Å²) in [6.07, 6.45) is 5.98. The zero-order chi connectivity index (χ0) is 13.0. The summed E-state index contributed by atoms with van der Waals surface area (Å²) in [6.45, 7) is 2.55. The minimum Gasteiger partial charge on any atom is -0.467 e. The summed E-state index contributed by atoms with van der Waals surface area (Å²) in [4.78, 5) is 12.3. The van der Waals surface area contributed by atoms with E-state index in [1.54, 1.807) is 6.26 Å². The predicted octanol–water partition coefficient (Wildman–Crippen LogP) is 2.22. The van der Waals surface area contributed by atoms with Gasteiger partial charge in [-0.25, -0.2) is 0 Å². The van der Waals surface area contributed by atoms with Crippen LogP contribution in [0.1, 0.15) is 44.4 Å². The number of hydrogen-bond donors (Lipinski definition) is 2. The van der Waals surface area contributed by atoms with Gasteiger partial charge in [-0.1, -0.05) is 12.8 Å². The fraction of sp³-hybridized carbons (Fsp3) is 0.643. The van der Waals surface area contributed by atoms with E-state index in [1.807, 2.05) is 19.1 Å². The molecule has 3 N–H and O–H groups in total. The van der Waals surface area contributed by atoms with E-state index in [1.165, 1.54) is 6.42 Å². The van der Waals surface area contributed by atoms with Crippen LogP contribution in [0.5, 0.6) is 0 Å². The number of amides is 1. The van der Waals surface area contributed by atoms with Gasteiger partial charge in [-0.3, -0.25) is 4.79 Å². The maximum Gasteiger partial charge on any atom is 0.224 e. The van der Waals surface area contributed by atoms with Gasteiger partial charge in [0.2, 0.25) is 5.91 Å². The molecule has 1 aromatic heterocycles. The number of carbonyl (C=O) groups is 1. The molecule has 0 bridgehead atoms. The Kier molecular flexibility index (Phi) is 4.42. The van der Waals surface area contributed by atoms with Gasteiger partial charge in [-0.15, -0.1) is 0 Å². The molecule has 3 atom stereocenters. The highest BCUT2D eigenvalue weighted by Gasteiger charge is 2.30. The molecule has 1 aliphatic rings. The highest BCUT2D eigenvalue weighted by Crippen LogP contribution is 2.30. The molecule has 1 saturated carbocycles. The molecule has 0 radical (unpaired) electrons. The topological polar surface area (TPSA) is 68.3 Å². The third-order valence-electron chi connectivity index (χ3n) is 3.88. The maximum atomic E-state index is 12.3. The molecular weight excluding hydrogens is 228 g/mol. The van der Waals surface area contributed by atoms with Crippen molar-refractivity contribution in [3.63, 3.8) is 0 Å². The largest absolute Gasteiger partial charge is 0.467 e. The molecule has 1 amide bonds. The highest BCUT2D eigenvalue weighted by molar-refractivity contribution is 5.79. The SMILES string of the molecule is CC(NC(=O)C1CCCCC1CN)c1ccco1. The normalized spacial score (nSPS) is 25.7. The van der Waals surface area contributed by atoms with Gasteiger partial charge in [0, 0.05) is 5.92 Å². The second-order valence-corrected chi connectivity index (χ2v) is 5.13. The summed E-state index contributed by atoms with van der Waals surface area (Å²) in [6, 6.07) is 3.64. The number of nitrogens with one attached hydrogen (secondary N) is 1. The van der Waals surface area contributed by atoms with Crippen molar-refractivity contribution in [2.24, 2.45) is 17.6 Å². The van der Waals surface area contributed by atoms with Gasteiger partial charge in [0.05, 0.1) is 12.3 Å². The lowest BCUT2D eigenvalue weighted by Gasteiger charge is -2.30. The molecule has 2 rings (SSSR count). The average Bonchev–Trinajstić information content (AvgIpc) is 2.92. The van der Waals surface area contributed by atoms with E-state index in [-0.39, 0.29) is 17.9 Å². The third kappa shape index (κ3) is 2.93. The monoisotopic (exact) mass is 250 g/mol. The molecule has 1 aliphatic carbocycles. The first-order chi connectivity index (χ1) is 8.72. The van der Waals surface area contributed by atoms with Crippen molar-refractivity contribution in [2.75, 3.05) is 6.54 Å². The van der Waals surface area contributed by atoms with E-state index >= 15 is 0 Å².